The van der Waals surface area contributed by atoms with Crippen molar-refractivity contribution in [1.29, 1.82) is 0 Å². The van der Waals surface area contributed by atoms with Crippen LogP contribution < -0.4 is 5.32 Å². The maximum Gasteiger partial charge on any atom is 0.287 e. The van der Waals surface area contributed by atoms with Crippen LogP contribution in [-0.4, -0.2) is 23.7 Å². The van der Waals surface area contributed by atoms with Crippen molar-refractivity contribution in [2.75, 3.05) is 6.54 Å². The van der Waals surface area contributed by atoms with Gasteiger partial charge in [0.05, 0.1) is 6.10 Å². The van der Waals surface area contributed by atoms with Gasteiger partial charge in [-0.2, -0.15) is 0 Å². The van der Waals surface area contributed by atoms with Crippen LogP contribution in [0.25, 0.3) is 11.0 Å². The van der Waals surface area contributed by atoms with Crippen LogP contribution in [-0.2, 0) is 0 Å². The van der Waals surface area contributed by atoms with Crippen LogP contribution in [0.3, 0.4) is 0 Å². The van der Waals surface area contributed by atoms with Gasteiger partial charge in [-0.1, -0.05) is 32.0 Å². The highest BCUT2D eigenvalue weighted by atomic mass is 16.3. The van der Waals surface area contributed by atoms with Crippen LogP contribution in [0.15, 0.2) is 22.6 Å². The average Bonchev–Trinajstić information content (AvgIpc) is 2.77. The first kappa shape index (κ1) is 15.6. The molecule has 0 aliphatic carbocycles. The van der Waals surface area contributed by atoms with Crippen LogP contribution in [0.5, 0.6) is 0 Å². The predicted octanol–water partition coefficient (Wildman–Crippen LogP) is 3.19. The van der Waals surface area contributed by atoms with Crippen molar-refractivity contribution in [3.63, 3.8) is 0 Å². The summed E-state index contributed by atoms with van der Waals surface area (Å²) >= 11 is 0. The second-order valence-corrected chi connectivity index (χ2v) is 5.86. The molecule has 0 aliphatic rings. The van der Waals surface area contributed by atoms with Crippen LogP contribution in [0.2, 0.25) is 0 Å². The van der Waals surface area contributed by atoms with Crippen molar-refractivity contribution in [3.05, 3.63) is 35.1 Å². The molecule has 4 heteroatoms. The van der Waals surface area contributed by atoms with E-state index in [1.807, 2.05) is 45.9 Å². The number of hydrogen-bond acceptors (Lipinski definition) is 3. The summed E-state index contributed by atoms with van der Waals surface area (Å²) in [6.45, 7) is 8.21. The zero-order chi connectivity index (χ0) is 15.6. The number of carbonyl (C=O) groups excluding carboxylic acids is 1. The van der Waals surface area contributed by atoms with Gasteiger partial charge in [-0.15, -0.1) is 0 Å². The topological polar surface area (TPSA) is 62.5 Å². The number of rotatable bonds is 5. The van der Waals surface area contributed by atoms with Gasteiger partial charge >= 0.3 is 0 Å². The van der Waals surface area contributed by atoms with E-state index in [2.05, 4.69) is 5.32 Å². The third-order valence-electron chi connectivity index (χ3n) is 3.86. The average molecular weight is 289 g/mol. The van der Waals surface area contributed by atoms with Gasteiger partial charge in [-0.05, 0) is 31.7 Å². The number of carbonyl (C=O) groups is 1. The predicted molar refractivity (Wildman–Crippen MR) is 83.5 cm³/mol. The molecule has 1 atom stereocenters. The van der Waals surface area contributed by atoms with E-state index in [1.54, 1.807) is 0 Å². The normalized spacial score (nSPS) is 12.9. The lowest BCUT2D eigenvalue weighted by atomic mass is 10.0. The summed E-state index contributed by atoms with van der Waals surface area (Å²) in [4.78, 5) is 12.2. The molecule has 0 bridgehead atoms. The van der Waals surface area contributed by atoms with Crippen LogP contribution in [0, 0.1) is 19.8 Å². The number of para-hydroxylation sites is 1. The quantitative estimate of drug-likeness (QED) is 0.888. The maximum absolute atomic E-state index is 12.2. The molecule has 0 fully saturated rings. The standard InChI is InChI=1S/C17H23NO3/c1-10(2)14(19)8-9-18-17(20)16-12(4)13-7-5-6-11(3)15(13)21-16/h5-7,10,14,19H,8-9H2,1-4H3,(H,18,20). The molecule has 1 unspecified atom stereocenters. The molecule has 2 rings (SSSR count). The minimum atomic E-state index is -0.399. The molecule has 1 aromatic carbocycles. The highest BCUT2D eigenvalue weighted by Crippen LogP contribution is 2.27. The number of amides is 1. The van der Waals surface area contributed by atoms with Crippen molar-refractivity contribution >= 4 is 16.9 Å². The number of benzene rings is 1. The molecule has 1 aromatic heterocycles. The first-order valence-corrected chi connectivity index (χ1v) is 7.36. The number of aliphatic hydroxyl groups is 1. The van der Waals surface area contributed by atoms with E-state index < -0.39 is 6.10 Å². The molecular weight excluding hydrogens is 266 g/mol. The molecule has 0 saturated carbocycles. The van der Waals surface area contributed by atoms with Gasteiger partial charge in [0.1, 0.15) is 5.58 Å². The Morgan fingerprint density at radius 3 is 2.67 bits per heavy atom. The largest absolute Gasteiger partial charge is 0.450 e. The SMILES string of the molecule is Cc1c(C(=O)NCCC(O)C(C)C)oc2c(C)cccc12. The Morgan fingerprint density at radius 2 is 2.05 bits per heavy atom. The third kappa shape index (κ3) is 3.27. The van der Waals surface area contributed by atoms with Gasteiger partial charge < -0.3 is 14.8 Å². The molecule has 21 heavy (non-hydrogen) atoms. The first-order valence-electron chi connectivity index (χ1n) is 7.36. The molecule has 2 N–H and O–H groups in total. The Kier molecular flexibility index (Phi) is 4.68. The molecule has 4 nitrogen and oxygen atoms in total. The van der Waals surface area contributed by atoms with Crippen LogP contribution >= 0.6 is 0 Å². The van der Waals surface area contributed by atoms with Crippen LogP contribution in [0.1, 0.15) is 41.9 Å². The Bertz CT molecular complexity index is 643. The highest BCUT2D eigenvalue weighted by Gasteiger charge is 2.18. The fourth-order valence-electron chi connectivity index (χ4n) is 2.35. The second-order valence-electron chi connectivity index (χ2n) is 5.86. The van der Waals surface area contributed by atoms with Gasteiger partial charge in [0.25, 0.3) is 5.91 Å². The summed E-state index contributed by atoms with van der Waals surface area (Å²) in [5.74, 6) is 0.329. The lowest BCUT2D eigenvalue weighted by molar-refractivity contribution is 0.0896. The Labute approximate surface area is 125 Å². The highest BCUT2D eigenvalue weighted by molar-refractivity contribution is 5.99. The van der Waals surface area contributed by atoms with Gasteiger partial charge in [0, 0.05) is 17.5 Å². The fraction of sp³-hybridized carbons (Fsp3) is 0.471. The van der Waals surface area contributed by atoms with Gasteiger partial charge in [-0.25, -0.2) is 0 Å². The van der Waals surface area contributed by atoms with Gasteiger partial charge in [0.2, 0.25) is 0 Å². The molecule has 0 aliphatic heterocycles. The smallest absolute Gasteiger partial charge is 0.287 e. The summed E-state index contributed by atoms with van der Waals surface area (Å²) in [6.07, 6.45) is 0.145. The number of hydrogen-bond donors (Lipinski definition) is 2. The van der Waals surface area contributed by atoms with E-state index >= 15 is 0 Å². The summed E-state index contributed by atoms with van der Waals surface area (Å²) in [6, 6.07) is 5.88. The molecule has 1 amide bonds. The van der Waals surface area contributed by atoms with Crippen molar-refractivity contribution in [2.45, 2.75) is 40.2 Å². The van der Waals surface area contributed by atoms with E-state index in [9.17, 15) is 9.90 Å². The number of fused-ring (bicyclic) bond motifs is 1. The fourth-order valence-corrected chi connectivity index (χ4v) is 2.35. The molecule has 0 radical (unpaired) electrons. The first-order chi connectivity index (χ1) is 9.91. The number of nitrogens with one attached hydrogen (secondary N) is 1. The molecule has 0 spiro atoms. The monoisotopic (exact) mass is 289 g/mol. The number of aryl methyl sites for hydroxylation is 2. The lowest BCUT2D eigenvalue weighted by Crippen LogP contribution is -2.28. The van der Waals surface area contributed by atoms with Crippen molar-refractivity contribution in [1.82, 2.24) is 5.32 Å². The zero-order valence-electron chi connectivity index (χ0n) is 13.1. The van der Waals surface area contributed by atoms with E-state index in [0.29, 0.717) is 18.7 Å². The second kappa shape index (κ2) is 6.31. The van der Waals surface area contributed by atoms with Crippen molar-refractivity contribution in [3.8, 4) is 0 Å². The van der Waals surface area contributed by atoms with E-state index in [0.717, 1.165) is 22.1 Å². The lowest BCUT2D eigenvalue weighted by Gasteiger charge is -2.14. The summed E-state index contributed by atoms with van der Waals surface area (Å²) in [5, 5.41) is 13.5. The Morgan fingerprint density at radius 1 is 1.33 bits per heavy atom. The van der Waals surface area contributed by atoms with E-state index in [-0.39, 0.29) is 11.8 Å². The molecular formula is C17H23NO3. The van der Waals surface area contributed by atoms with Crippen molar-refractivity contribution < 1.29 is 14.3 Å². The Hall–Kier alpha value is -1.81. The third-order valence-corrected chi connectivity index (χ3v) is 3.86. The van der Waals surface area contributed by atoms with Crippen molar-refractivity contribution in [2.24, 2.45) is 5.92 Å². The number of furan rings is 1. The minimum absolute atomic E-state index is 0.192. The maximum atomic E-state index is 12.2. The number of aliphatic hydroxyl groups excluding tert-OH is 1. The molecule has 1 heterocycles. The molecule has 114 valence electrons. The summed E-state index contributed by atoms with van der Waals surface area (Å²) < 4.78 is 5.72. The van der Waals surface area contributed by atoms with Gasteiger partial charge in [-0.3, -0.25) is 4.79 Å². The molecule has 0 saturated heterocycles. The summed E-state index contributed by atoms with van der Waals surface area (Å²) in [5.41, 5.74) is 2.64. The molecule has 2 aromatic rings. The Balaban J connectivity index is 2.10. The minimum Gasteiger partial charge on any atom is -0.450 e. The summed E-state index contributed by atoms with van der Waals surface area (Å²) in [7, 11) is 0. The zero-order valence-corrected chi connectivity index (χ0v) is 13.1. The van der Waals surface area contributed by atoms with E-state index in [4.69, 9.17) is 4.42 Å². The van der Waals surface area contributed by atoms with Gasteiger partial charge in [0.15, 0.2) is 5.76 Å². The van der Waals surface area contributed by atoms with E-state index in [1.165, 1.54) is 0 Å². The van der Waals surface area contributed by atoms with Crippen LogP contribution in [0.4, 0.5) is 0 Å².